The normalized spacial score (nSPS) is 10.4. The van der Waals surface area contributed by atoms with Crippen molar-refractivity contribution in [2.45, 2.75) is 0 Å². The van der Waals surface area contributed by atoms with Crippen molar-refractivity contribution >= 4 is 6.01 Å². The maximum atomic E-state index is 5.23. The second kappa shape index (κ2) is 2.29. The molecule has 2 N–H and O–H groups in total. The topological polar surface area (TPSA) is 95.7 Å². The molecule has 62 valence electrons. The van der Waals surface area contributed by atoms with Crippen LogP contribution in [0.5, 0.6) is 0 Å². The first kappa shape index (κ1) is 6.77. The molecule has 0 bridgehead atoms. The highest BCUT2D eigenvalue weighted by Crippen LogP contribution is 2.13. The fraction of sp³-hybridized carbons (Fsp3) is 0.200. The maximum Gasteiger partial charge on any atom is 0.313 e. The van der Waals surface area contributed by atoms with Gasteiger partial charge in [0.15, 0.2) is 5.69 Å². The summed E-state index contributed by atoms with van der Waals surface area (Å²) in [5.74, 6) is 0.278. The molecule has 2 aromatic rings. The van der Waals surface area contributed by atoms with Crippen LogP contribution in [-0.2, 0) is 7.05 Å². The molecule has 0 aliphatic carbocycles. The number of nitrogen functional groups attached to an aromatic ring is 1. The molecule has 0 saturated heterocycles. The van der Waals surface area contributed by atoms with E-state index in [0.29, 0.717) is 5.69 Å². The standard InChI is InChI=1S/C5H6N6O/c1-11-2-3(7-10-11)4-8-9-5(6)12-4/h2H,1H3,(H2,6,9). The van der Waals surface area contributed by atoms with Gasteiger partial charge in [0.05, 0.1) is 6.20 Å². The summed E-state index contributed by atoms with van der Waals surface area (Å²) in [6, 6.07) is 0.0238. The molecular formula is C5H6N6O. The second-order valence-corrected chi connectivity index (χ2v) is 2.22. The average molecular weight is 166 g/mol. The van der Waals surface area contributed by atoms with Crippen LogP contribution in [0.2, 0.25) is 0 Å². The van der Waals surface area contributed by atoms with Gasteiger partial charge in [0.1, 0.15) is 0 Å². The van der Waals surface area contributed by atoms with Gasteiger partial charge >= 0.3 is 6.01 Å². The van der Waals surface area contributed by atoms with Gasteiger partial charge in [0.25, 0.3) is 5.89 Å². The molecule has 2 heterocycles. The Balaban J connectivity index is 2.43. The molecule has 0 aliphatic rings. The minimum atomic E-state index is 0.0238. The average Bonchev–Trinajstić information content (AvgIpc) is 2.58. The lowest BCUT2D eigenvalue weighted by molar-refractivity contribution is 0.587. The Morgan fingerprint density at radius 1 is 1.42 bits per heavy atom. The smallest absolute Gasteiger partial charge is 0.313 e. The van der Waals surface area contributed by atoms with Gasteiger partial charge in [-0.05, 0) is 0 Å². The third-order valence-corrected chi connectivity index (χ3v) is 1.26. The first-order valence-electron chi connectivity index (χ1n) is 3.21. The molecule has 7 heteroatoms. The number of hydrogen-bond acceptors (Lipinski definition) is 6. The van der Waals surface area contributed by atoms with Crippen molar-refractivity contribution in [3.63, 3.8) is 0 Å². The largest absolute Gasteiger partial charge is 0.402 e. The van der Waals surface area contributed by atoms with Crippen LogP contribution in [0.25, 0.3) is 11.6 Å². The predicted octanol–water partition coefficient (Wildman–Crippen LogP) is -0.553. The van der Waals surface area contributed by atoms with Gasteiger partial charge in [-0.25, -0.2) is 0 Å². The third-order valence-electron chi connectivity index (χ3n) is 1.26. The summed E-state index contributed by atoms with van der Waals surface area (Å²) in [5, 5.41) is 14.6. The summed E-state index contributed by atoms with van der Waals surface area (Å²) >= 11 is 0. The monoisotopic (exact) mass is 166 g/mol. The van der Waals surface area contributed by atoms with Crippen LogP contribution < -0.4 is 5.73 Å². The number of nitrogens with zero attached hydrogens (tertiary/aromatic N) is 5. The summed E-state index contributed by atoms with van der Waals surface area (Å²) in [5.41, 5.74) is 5.74. The van der Waals surface area contributed by atoms with Gasteiger partial charge in [-0.1, -0.05) is 10.3 Å². The highest BCUT2D eigenvalue weighted by molar-refractivity contribution is 5.43. The van der Waals surface area contributed by atoms with Crippen molar-refractivity contribution in [1.82, 2.24) is 25.2 Å². The fourth-order valence-electron chi connectivity index (χ4n) is 0.783. The van der Waals surface area contributed by atoms with Crippen LogP contribution >= 0.6 is 0 Å². The molecule has 2 aromatic heterocycles. The summed E-state index contributed by atoms with van der Waals surface area (Å²) in [7, 11) is 1.75. The van der Waals surface area contributed by atoms with Crippen LogP contribution in [0.15, 0.2) is 10.6 Å². The van der Waals surface area contributed by atoms with Gasteiger partial charge in [-0.15, -0.1) is 10.2 Å². The number of aryl methyl sites for hydroxylation is 1. The minimum absolute atomic E-state index is 0.0238. The molecule has 0 amide bonds. The van der Waals surface area contributed by atoms with E-state index in [9.17, 15) is 0 Å². The van der Waals surface area contributed by atoms with E-state index in [1.807, 2.05) is 0 Å². The first-order valence-corrected chi connectivity index (χ1v) is 3.21. The quantitative estimate of drug-likeness (QED) is 0.610. The number of hydrogen-bond donors (Lipinski definition) is 1. The highest BCUT2D eigenvalue weighted by atomic mass is 16.4. The van der Waals surface area contributed by atoms with E-state index < -0.39 is 0 Å². The van der Waals surface area contributed by atoms with Gasteiger partial charge in [-0.2, -0.15) is 0 Å². The summed E-state index contributed by atoms with van der Waals surface area (Å²) in [6.07, 6.45) is 1.66. The molecule has 0 aromatic carbocycles. The van der Waals surface area contributed by atoms with Crippen LogP contribution in [0.3, 0.4) is 0 Å². The van der Waals surface area contributed by atoms with Gasteiger partial charge in [-0.3, -0.25) is 4.68 Å². The van der Waals surface area contributed by atoms with Crippen molar-refractivity contribution in [2.75, 3.05) is 5.73 Å². The molecular weight excluding hydrogens is 160 g/mol. The van der Waals surface area contributed by atoms with Crippen LogP contribution in [-0.4, -0.2) is 25.2 Å². The molecule has 12 heavy (non-hydrogen) atoms. The lowest BCUT2D eigenvalue weighted by Crippen LogP contribution is -1.85. The van der Waals surface area contributed by atoms with Gasteiger partial charge < -0.3 is 10.2 Å². The zero-order chi connectivity index (χ0) is 8.55. The molecule has 0 aliphatic heterocycles. The lowest BCUT2D eigenvalue weighted by Gasteiger charge is -1.81. The number of aromatic nitrogens is 5. The van der Waals surface area contributed by atoms with Crippen LogP contribution in [0, 0.1) is 0 Å². The van der Waals surface area contributed by atoms with Crippen molar-refractivity contribution in [1.29, 1.82) is 0 Å². The summed E-state index contributed by atoms with van der Waals surface area (Å²) in [4.78, 5) is 0. The molecule has 2 rings (SSSR count). The Morgan fingerprint density at radius 2 is 2.25 bits per heavy atom. The molecule has 0 radical (unpaired) electrons. The van der Waals surface area contributed by atoms with E-state index in [0.717, 1.165) is 0 Å². The number of rotatable bonds is 1. The molecule has 0 atom stereocenters. The molecule has 0 saturated carbocycles. The van der Waals surface area contributed by atoms with Crippen molar-refractivity contribution < 1.29 is 4.42 Å². The summed E-state index contributed by atoms with van der Waals surface area (Å²) < 4.78 is 6.46. The number of anilines is 1. The molecule has 7 nitrogen and oxygen atoms in total. The summed E-state index contributed by atoms with van der Waals surface area (Å²) in [6.45, 7) is 0. The zero-order valence-electron chi connectivity index (χ0n) is 6.30. The van der Waals surface area contributed by atoms with Gasteiger partial charge in [0, 0.05) is 7.05 Å². The minimum Gasteiger partial charge on any atom is -0.402 e. The van der Waals surface area contributed by atoms with Crippen LogP contribution in [0.1, 0.15) is 0 Å². The molecule has 0 fully saturated rings. The highest BCUT2D eigenvalue weighted by Gasteiger charge is 2.09. The Morgan fingerprint density at radius 3 is 2.75 bits per heavy atom. The predicted molar refractivity (Wildman–Crippen MR) is 38.7 cm³/mol. The lowest BCUT2D eigenvalue weighted by atomic mass is 10.5. The van der Waals surface area contributed by atoms with Crippen molar-refractivity contribution in [3.05, 3.63) is 6.20 Å². The van der Waals surface area contributed by atoms with E-state index in [-0.39, 0.29) is 11.9 Å². The van der Waals surface area contributed by atoms with E-state index in [1.165, 1.54) is 4.68 Å². The van der Waals surface area contributed by atoms with Crippen molar-refractivity contribution in [3.8, 4) is 11.6 Å². The SMILES string of the molecule is Cn1cc(-c2nnc(N)o2)nn1. The third kappa shape index (κ3) is 1.00. The Kier molecular flexibility index (Phi) is 1.29. The van der Waals surface area contributed by atoms with E-state index >= 15 is 0 Å². The van der Waals surface area contributed by atoms with Gasteiger partial charge in [0.2, 0.25) is 0 Å². The van der Waals surface area contributed by atoms with E-state index in [4.69, 9.17) is 10.2 Å². The Bertz CT molecular complexity index is 352. The number of nitrogens with two attached hydrogens (primary N) is 1. The molecule has 0 spiro atoms. The second-order valence-electron chi connectivity index (χ2n) is 2.22. The first-order chi connectivity index (χ1) is 5.75. The van der Waals surface area contributed by atoms with Crippen molar-refractivity contribution in [2.24, 2.45) is 7.05 Å². The van der Waals surface area contributed by atoms with E-state index in [1.54, 1.807) is 13.2 Å². The maximum absolute atomic E-state index is 5.23. The zero-order valence-corrected chi connectivity index (χ0v) is 6.30. The Hall–Kier alpha value is -1.92. The fourth-order valence-corrected chi connectivity index (χ4v) is 0.783. The van der Waals surface area contributed by atoms with Crippen LogP contribution in [0.4, 0.5) is 6.01 Å². The van der Waals surface area contributed by atoms with E-state index in [2.05, 4.69) is 20.5 Å². The Labute approximate surface area is 67.2 Å². The molecule has 0 unspecified atom stereocenters.